The van der Waals surface area contributed by atoms with Crippen molar-refractivity contribution in [1.82, 2.24) is 5.32 Å². The predicted molar refractivity (Wildman–Crippen MR) is 74.5 cm³/mol. The van der Waals surface area contributed by atoms with E-state index in [0.29, 0.717) is 5.56 Å². The zero-order valence-electron chi connectivity index (χ0n) is 9.98. The molecular formula is C13H9Cl2NO4. The molecule has 0 amide bonds. The molecule has 0 bridgehead atoms. The highest BCUT2D eigenvalue weighted by Crippen LogP contribution is 2.33. The molecule has 0 aromatic heterocycles. The van der Waals surface area contributed by atoms with E-state index in [1.807, 2.05) is 0 Å². The van der Waals surface area contributed by atoms with E-state index in [9.17, 15) is 14.7 Å². The van der Waals surface area contributed by atoms with Gasteiger partial charge in [0.25, 0.3) is 0 Å². The topological polar surface area (TPSA) is 86.6 Å². The Morgan fingerprint density at radius 3 is 2.45 bits per heavy atom. The number of nitrogens with one attached hydrogen (secondary N) is 1. The van der Waals surface area contributed by atoms with Gasteiger partial charge in [0.05, 0.1) is 26.9 Å². The van der Waals surface area contributed by atoms with Crippen LogP contribution in [0.3, 0.4) is 0 Å². The van der Waals surface area contributed by atoms with Crippen molar-refractivity contribution in [2.75, 3.05) is 0 Å². The lowest BCUT2D eigenvalue weighted by molar-refractivity contribution is -0.133. The van der Waals surface area contributed by atoms with Crippen molar-refractivity contribution in [3.05, 3.63) is 51.2 Å². The number of rotatable bonds is 3. The van der Waals surface area contributed by atoms with Crippen LogP contribution in [0.5, 0.6) is 0 Å². The van der Waals surface area contributed by atoms with Gasteiger partial charge in [0.15, 0.2) is 0 Å². The lowest BCUT2D eigenvalue weighted by atomic mass is 9.97. The second-order valence-electron chi connectivity index (χ2n) is 4.06. The third-order valence-electron chi connectivity index (χ3n) is 2.81. The third kappa shape index (κ3) is 2.64. The lowest BCUT2D eigenvalue weighted by Crippen LogP contribution is -2.21. The fourth-order valence-electron chi connectivity index (χ4n) is 1.83. The van der Waals surface area contributed by atoms with Crippen molar-refractivity contribution < 1.29 is 19.8 Å². The monoisotopic (exact) mass is 313 g/mol. The standard InChI is InChI=1S/C13H9Cl2NO4/c14-9-3-1-2-7(10(9)15)11-8(13(19)20)4-6(5-16-11)12(17)18/h1-3,5,16H,4H2,(H,17,18)(H,19,20). The average molecular weight is 314 g/mol. The highest BCUT2D eigenvalue weighted by molar-refractivity contribution is 6.43. The number of aliphatic carboxylic acids is 2. The van der Waals surface area contributed by atoms with E-state index in [4.69, 9.17) is 28.3 Å². The second kappa shape index (κ2) is 5.56. The number of dihydropyridines is 1. The summed E-state index contributed by atoms with van der Waals surface area (Å²) in [6.45, 7) is 0. The molecule has 0 atom stereocenters. The molecule has 1 aromatic rings. The normalized spacial score (nSPS) is 14.6. The Labute approximate surface area is 124 Å². The van der Waals surface area contributed by atoms with Crippen LogP contribution in [0.1, 0.15) is 12.0 Å². The van der Waals surface area contributed by atoms with Gasteiger partial charge in [-0.2, -0.15) is 0 Å². The van der Waals surface area contributed by atoms with Crippen LogP contribution in [0.15, 0.2) is 35.5 Å². The summed E-state index contributed by atoms with van der Waals surface area (Å²) in [5, 5.41) is 21.3. The van der Waals surface area contributed by atoms with Gasteiger partial charge in [-0.1, -0.05) is 35.3 Å². The van der Waals surface area contributed by atoms with E-state index in [2.05, 4.69) is 5.32 Å². The summed E-state index contributed by atoms with van der Waals surface area (Å²) in [4.78, 5) is 22.2. The first-order valence-corrected chi connectivity index (χ1v) is 6.27. The molecule has 1 aliphatic rings. The molecule has 1 heterocycles. The summed E-state index contributed by atoms with van der Waals surface area (Å²) in [6.07, 6.45) is 1.05. The Bertz CT molecular complexity index is 664. The number of hydrogen-bond donors (Lipinski definition) is 3. The second-order valence-corrected chi connectivity index (χ2v) is 4.84. The average Bonchev–Trinajstić information content (AvgIpc) is 2.41. The summed E-state index contributed by atoms with van der Waals surface area (Å²) in [6, 6.07) is 4.82. The number of carbonyl (C=O) groups is 2. The quantitative estimate of drug-likeness (QED) is 0.798. The van der Waals surface area contributed by atoms with E-state index in [1.54, 1.807) is 18.2 Å². The minimum atomic E-state index is -1.21. The maximum atomic E-state index is 11.3. The Kier molecular flexibility index (Phi) is 4.01. The van der Waals surface area contributed by atoms with Crippen LogP contribution in [-0.2, 0) is 9.59 Å². The molecule has 20 heavy (non-hydrogen) atoms. The van der Waals surface area contributed by atoms with Gasteiger partial charge in [-0.25, -0.2) is 9.59 Å². The molecule has 1 aromatic carbocycles. The first kappa shape index (κ1) is 14.4. The van der Waals surface area contributed by atoms with Crippen molar-refractivity contribution >= 4 is 40.8 Å². The molecule has 0 saturated heterocycles. The number of carboxylic acids is 2. The van der Waals surface area contributed by atoms with Crippen LogP contribution in [0.25, 0.3) is 5.70 Å². The van der Waals surface area contributed by atoms with Gasteiger partial charge in [0.1, 0.15) is 0 Å². The van der Waals surface area contributed by atoms with Gasteiger partial charge in [-0.15, -0.1) is 0 Å². The highest BCUT2D eigenvalue weighted by Gasteiger charge is 2.25. The van der Waals surface area contributed by atoms with Crippen LogP contribution in [0.2, 0.25) is 10.0 Å². The van der Waals surface area contributed by atoms with Crippen LogP contribution >= 0.6 is 23.2 Å². The van der Waals surface area contributed by atoms with E-state index in [0.717, 1.165) is 0 Å². The van der Waals surface area contributed by atoms with Gasteiger partial charge in [0, 0.05) is 18.2 Å². The van der Waals surface area contributed by atoms with Crippen molar-refractivity contribution in [3.8, 4) is 0 Å². The Hall–Kier alpha value is -1.98. The molecule has 104 valence electrons. The van der Waals surface area contributed by atoms with Gasteiger partial charge < -0.3 is 15.5 Å². The van der Waals surface area contributed by atoms with Gasteiger partial charge in [-0.05, 0) is 6.07 Å². The number of halogens is 2. The van der Waals surface area contributed by atoms with Gasteiger partial charge in [0.2, 0.25) is 0 Å². The van der Waals surface area contributed by atoms with Crippen LogP contribution in [-0.4, -0.2) is 22.2 Å². The van der Waals surface area contributed by atoms with Crippen molar-refractivity contribution in [2.45, 2.75) is 6.42 Å². The molecule has 2 rings (SSSR count). The molecule has 0 fully saturated rings. The Morgan fingerprint density at radius 1 is 1.15 bits per heavy atom. The maximum Gasteiger partial charge on any atom is 0.334 e. The predicted octanol–water partition coefficient (Wildman–Crippen LogP) is 2.75. The first-order chi connectivity index (χ1) is 9.41. The zero-order chi connectivity index (χ0) is 14.9. The zero-order valence-corrected chi connectivity index (χ0v) is 11.5. The molecule has 3 N–H and O–H groups in total. The molecule has 0 saturated carbocycles. The minimum absolute atomic E-state index is 0.0377. The molecule has 0 aliphatic carbocycles. The summed E-state index contributed by atoms with van der Waals surface area (Å²) >= 11 is 12.0. The van der Waals surface area contributed by atoms with Gasteiger partial charge >= 0.3 is 11.9 Å². The Balaban J connectivity index is 2.53. The van der Waals surface area contributed by atoms with Crippen LogP contribution in [0.4, 0.5) is 0 Å². The summed E-state index contributed by atoms with van der Waals surface area (Å²) in [5.41, 5.74) is 0.547. The molecule has 1 aliphatic heterocycles. The number of benzene rings is 1. The SMILES string of the molecule is O=C(O)C1=CNC(c2cccc(Cl)c2Cl)=C(C(=O)O)C1. The van der Waals surface area contributed by atoms with E-state index >= 15 is 0 Å². The van der Waals surface area contributed by atoms with E-state index < -0.39 is 11.9 Å². The molecular weight excluding hydrogens is 305 g/mol. The largest absolute Gasteiger partial charge is 0.478 e. The van der Waals surface area contributed by atoms with Crippen molar-refractivity contribution in [3.63, 3.8) is 0 Å². The fraction of sp³-hybridized carbons (Fsp3) is 0.0769. The third-order valence-corrected chi connectivity index (χ3v) is 3.63. The number of carboxylic acid groups (broad SMARTS) is 2. The van der Waals surface area contributed by atoms with Crippen molar-refractivity contribution in [1.29, 1.82) is 0 Å². The smallest absolute Gasteiger partial charge is 0.334 e. The van der Waals surface area contributed by atoms with Crippen LogP contribution in [0, 0.1) is 0 Å². The lowest BCUT2D eigenvalue weighted by Gasteiger charge is -2.19. The summed E-state index contributed by atoms with van der Waals surface area (Å²) in [5.74, 6) is -2.39. The highest BCUT2D eigenvalue weighted by atomic mass is 35.5. The number of hydrogen-bond acceptors (Lipinski definition) is 3. The van der Waals surface area contributed by atoms with Crippen molar-refractivity contribution in [2.24, 2.45) is 0 Å². The first-order valence-electron chi connectivity index (χ1n) is 5.51. The fourth-order valence-corrected chi connectivity index (χ4v) is 2.23. The van der Waals surface area contributed by atoms with E-state index in [1.165, 1.54) is 6.20 Å². The van der Waals surface area contributed by atoms with E-state index in [-0.39, 0.29) is 33.3 Å². The molecule has 7 heteroatoms. The maximum absolute atomic E-state index is 11.3. The molecule has 0 radical (unpaired) electrons. The summed E-state index contributed by atoms with van der Waals surface area (Å²) < 4.78 is 0. The minimum Gasteiger partial charge on any atom is -0.478 e. The Morgan fingerprint density at radius 2 is 1.85 bits per heavy atom. The summed E-state index contributed by atoms with van der Waals surface area (Å²) in [7, 11) is 0. The molecule has 5 nitrogen and oxygen atoms in total. The van der Waals surface area contributed by atoms with Crippen LogP contribution < -0.4 is 5.32 Å². The molecule has 0 unspecified atom stereocenters. The van der Waals surface area contributed by atoms with Gasteiger partial charge in [-0.3, -0.25) is 0 Å². The molecule has 0 spiro atoms.